The Balaban J connectivity index is 2.20. The molecule has 1 aliphatic rings. The highest BCUT2D eigenvalue weighted by Crippen LogP contribution is 2.23. The number of rotatable bonds is 1. The maximum atomic E-state index is 11.1. The lowest BCUT2D eigenvalue weighted by atomic mass is 10.1. The van der Waals surface area contributed by atoms with Crippen LogP contribution in [0.15, 0.2) is 35.4 Å². The number of alkyl carbamates (subject to hydrolysis) is 1. The summed E-state index contributed by atoms with van der Waals surface area (Å²) in [4.78, 5) is 11.1. The van der Waals surface area contributed by atoms with E-state index < -0.39 is 6.09 Å². The van der Waals surface area contributed by atoms with Crippen molar-refractivity contribution in [2.45, 2.75) is 12.5 Å². The van der Waals surface area contributed by atoms with Crippen LogP contribution in [0.25, 0.3) is 0 Å². The number of carbonyl (C=O) groups is 1. The minimum Gasteiger partial charge on any atom is -0.441 e. The van der Waals surface area contributed by atoms with E-state index in [0.29, 0.717) is 12.3 Å². The molecule has 15 heavy (non-hydrogen) atoms. The summed E-state index contributed by atoms with van der Waals surface area (Å²) in [7, 11) is 0. The molecule has 1 heterocycles. The summed E-state index contributed by atoms with van der Waals surface area (Å²) in [6.45, 7) is 0. The standard InChI is InChI=1S/C10H11N3O2/c11-13-9-6-8(15-10(14)12-9)7-4-2-1-3-5-7/h1-5,8H,6,11H2,(H,12,13,14). The Kier molecular flexibility index (Phi) is 2.53. The number of hydrogen-bond donors (Lipinski definition) is 2. The number of benzene rings is 1. The summed E-state index contributed by atoms with van der Waals surface area (Å²) in [6.07, 6.45) is -0.340. The fourth-order valence-electron chi connectivity index (χ4n) is 1.48. The first-order valence-electron chi connectivity index (χ1n) is 4.59. The maximum absolute atomic E-state index is 11.1. The molecule has 3 N–H and O–H groups in total. The van der Waals surface area contributed by atoms with Gasteiger partial charge in [0.15, 0.2) is 0 Å². The summed E-state index contributed by atoms with van der Waals surface area (Å²) in [6, 6.07) is 9.49. The molecule has 0 spiro atoms. The van der Waals surface area contributed by atoms with Crippen LogP contribution >= 0.6 is 0 Å². The molecular weight excluding hydrogens is 194 g/mol. The molecule has 0 radical (unpaired) electrons. The largest absolute Gasteiger partial charge is 0.441 e. The van der Waals surface area contributed by atoms with Crippen molar-refractivity contribution in [1.82, 2.24) is 5.32 Å². The molecule has 2 rings (SSSR count). The van der Waals surface area contributed by atoms with E-state index in [4.69, 9.17) is 10.6 Å². The van der Waals surface area contributed by atoms with E-state index in [1.807, 2.05) is 30.3 Å². The normalized spacial score (nSPS) is 23.3. The van der Waals surface area contributed by atoms with Crippen LogP contribution in [0.3, 0.4) is 0 Å². The number of hydrazone groups is 1. The molecular formula is C10H11N3O2. The number of hydrogen-bond acceptors (Lipinski definition) is 4. The molecule has 1 aromatic carbocycles. The monoisotopic (exact) mass is 205 g/mol. The van der Waals surface area contributed by atoms with E-state index in [0.717, 1.165) is 5.56 Å². The van der Waals surface area contributed by atoms with Crippen LogP contribution in [0, 0.1) is 0 Å². The fraction of sp³-hybridized carbons (Fsp3) is 0.200. The van der Waals surface area contributed by atoms with Crippen LogP contribution in [0.5, 0.6) is 0 Å². The second-order valence-corrected chi connectivity index (χ2v) is 3.21. The first kappa shape index (κ1) is 9.51. The number of amidine groups is 1. The first-order chi connectivity index (χ1) is 7.29. The highest BCUT2D eigenvalue weighted by Gasteiger charge is 2.25. The van der Waals surface area contributed by atoms with Gasteiger partial charge in [0.05, 0.1) is 0 Å². The molecule has 0 aromatic heterocycles. The predicted octanol–water partition coefficient (Wildman–Crippen LogP) is 1.13. The van der Waals surface area contributed by atoms with E-state index in [2.05, 4.69) is 10.4 Å². The molecule has 1 amide bonds. The van der Waals surface area contributed by atoms with Gasteiger partial charge >= 0.3 is 6.09 Å². The Morgan fingerprint density at radius 2 is 2.13 bits per heavy atom. The highest BCUT2D eigenvalue weighted by atomic mass is 16.6. The quantitative estimate of drug-likeness (QED) is 0.533. The van der Waals surface area contributed by atoms with Crippen molar-refractivity contribution in [2.75, 3.05) is 0 Å². The Morgan fingerprint density at radius 1 is 1.40 bits per heavy atom. The third kappa shape index (κ3) is 2.07. The second kappa shape index (κ2) is 4.00. The third-order valence-electron chi connectivity index (χ3n) is 2.20. The summed E-state index contributed by atoms with van der Waals surface area (Å²) in [5.41, 5.74) is 0.938. The Labute approximate surface area is 86.9 Å². The fourth-order valence-corrected chi connectivity index (χ4v) is 1.48. The number of amides is 1. The number of nitrogens with zero attached hydrogens (tertiary/aromatic N) is 1. The minimum absolute atomic E-state index is 0.303. The minimum atomic E-state index is -0.515. The first-order valence-corrected chi connectivity index (χ1v) is 4.59. The Bertz CT molecular complexity index is 389. The van der Waals surface area contributed by atoms with Gasteiger partial charge in [-0.15, -0.1) is 0 Å². The molecule has 1 saturated heterocycles. The lowest BCUT2D eigenvalue weighted by Crippen LogP contribution is -2.39. The van der Waals surface area contributed by atoms with Gasteiger partial charge in [0.1, 0.15) is 11.9 Å². The Morgan fingerprint density at radius 3 is 2.80 bits per heavy atom. The SMILES string of the molecule is N/N=C1/CC(c2ccccc2)OC(=O)N1. The van der Waals surface area contributed by atoms with Crippen LogP contribution in [0.1, 0.15) is 18.1 Å². The van der Waals surface area contributed by atoms with Gasteiger partial charge < -0.3 is 10.6 Å². The summed E-state index contributed by atoms with van der Waals surface area (Å²) >= 11 is 0. The summed E-state index contributed by atoms with van der Waals surface area (Å²) in [5, 5.41) is 5.91. The number of cyclic esters (lactones) is 1. The molecule has 0 bridgehead atoms. The van der Waals surface area contributed by atoms with Crippen LogP contribution in [0.2, 0.25) is 0 Å². The third-order valence-corrected chi connectivity index (χ3v) is 2.20. The lowest BCUT2D eigenvalue weighted by molar-refractivity contribution is 0.0959. The van der Waals surface area contributed by atoms with Crippen LogP contribution < -0.4 is 11.2 Å². The molecule has 5 nitrogen and oxygen atoms in total. The molecule has 78 valence electrons. The number of nitrogens with one attached hydrogen (secondary N) is 1. The van der Waals surface area contributed by atoms with Crippen LogP contribution in [-0.2, 0) is 4.74 Å². The maximum Gasteiger partial charge on any atom is 0.413 e. The van der Waals surface area contributed by atoms with Gasteiger partial charge in [-0.1, -0.05) is 30.3 Å². The van der Waals surface area contributed by atoms with Crippen LogP contribution in [-0.4, -0.2) is 11.9 Å². The number of carbonyl (C=O) groups excluding carboxylic acids is 1. The summed E-state index contributed by atoms with van der Waals surface area (Å²) < 4.78 is 5.12. The lowest BCUT2D eigenvalue weighted by Gasteiger charge is -2.24. The molecule has 1 fully saturated rings. The van der Waals surface area contributed by atoms with E-state index in [-0.39, 0.29) is 6.10 Å². The molecule has 1 atom stereocenters. The zero-order valence-electron chi connectivity index (χ0n) is 8.01. The molecule has 1 aromatic rings. The van der Waals surface area contributed by atoms with Gasteiger partial charge in [0.25, 0.3) is 0 Å². The Hall–Kier alpha value is -2.04. The van der Waals surface area contributed by atoms with E-state index in [1.165, 1.54) is 0 Å². The number of ether oxygens (including phenoxy) is 1. The number of nitrogens with two attached hydrogens (primary N) is 1. The van der Waals surface area contributed by atoms with Crippen molar-refractivity contribution in [1.29, 1.82) is 0 Å². The van der Waals surface area contributed by atoms with Gasteiger partial charge in [-0.3, -0.25) is 5.32 Å². The van der Waals surface area contributed by atoms with Crippen molar-refractivity contribution in [3.05, 3.63) is 35.9 Å². The zero-order valence-corrected chi connectivity index (χ0v) is 8.01. The average Bonchev–Trinajstić information content (AvgIpc) is 2.29. The van der Waals surface area contributed by atoms with Gasteiger partial charge in [0.2, 0.25) is 0 Å². The molecule has 0 aliphatic carbocycles. The van der Waals surface area contributed by atoms with Crippen molar-refractivity contribution >= 4 is 11.9 Å². The molecule has 5 heteroatoms. The second-order valence-electron chi connectivity index (χ2n) is 3.21. The predicted molar refractivity (Wildman–Crippen MR) is 55.0 cm³/mol. The highest BCUT2D eigenvalue weighted by molar-refractivity contribution is 5.97. The van der Waals surface area contributed by atoms with Gasteiger partial charge in [-0.05, 0) is 5.56 Å². The van der Waals surface area contributed by atoms with Crippen molar-refractivity contribution in [3.8, 4) is 0 Å². The van der Waals surface area contributed by atoms with Crippen molar-refractivity contribution < 1.29 is 9.53 Å². The topological polar surface area (TPSA) is 76.7 Å². The van der Waals surface area contributed by atoms with Crippen molar-refractivity contribution in [3.63, 3.8) is 0 Å². The van der Waals surface area contributed by atoms with E-state index in [1.54, 1.807) is 0 Å². The zero-order chi connectivity index (χ0) is 10.7. The van der Waals surface area contributed by atoms with Crippen molar-refractivity contribution in [2.24, 2.45) is 10.9 Å². The van der Waals surface area contributed by atoms with Gasteiger partial charge in [-0.2, -0.15) is 5.10 Å². The van der Waals surface area contributed by atoms with Crippen LogP contribution in [0.4, 0.5) is 4.79 Å². The molecule has 1 unspecified atom stereocenters. The van der Waals surface area contributed by atoms with E-state index in [9.17, 15) is 4.79 Å². The van der Waals surface area contributed by atoms with Gasteiger partial charge in [0, 0.05) is 6.42 Å². The van der Waals surface area contributed by atoms with Gasteiger partial charge in [-0.25, -0.2) is 4.79 Å². The summed E-state index contributed by atoms with van der Waals surface area (Å²) in [5.74, 6) is 5.57. The van der Waals surface area contributed by atoms with E-state index >= 15 is 0 Å². The average molecular weight is 205 g/mol. The smallest absolute Gasteiger partial charge is 0.413 e. The molecule has 1 aliphatic heterocycles. The molecule has 0 saturated carbocycles.